The predicted octanol–water partition coefficient (Wildman–Crippen LogP) is 2.04. The smallest absolute Gasteiger partial charge is 0.262 e. The maximum atomic E-state index is 13.7. The molecule has 0 aromatic rings. The normalized spacial score (nSPS) is 36.8. The molecule has 2 fully saturated rings. The number of likely N-dealkylation sites (tertiary alicyclic amines) is 1. The summed E-state index contributed by atoms with van der Waals surface area (Å²) >= 11 is 0. The molecule has 0 radical (unpaired) electrons. The number of hydrogen-bond acceptors (Lipinski definition) is 1. The lowest BCUT2D eigenvalue weighted by atomic mass is 9.70. The van der Waals surface area contributed by atoms with Crippen molar-refractivity contribution >= 4 is 5.91 Å². The molecule has 1 aliphatic heterocycles. The van der Waals surface area contributed by atoms with Crippen LogP contribution in [0.3, 0.4) is 0 Å². The molecule has 2 rings (SSSR count). The number of halogens is 2. The molecule has 2 nitrogen and oxygen atoms in total. The first-order valence-electron chi connectivity index (χ1n) is 5.13. The fourth-order valence-electron chi connectivity index (χ4n) is 2.70. The third kappa shape index (κ3) is 1.09. The van der Waals surface area contributed by atoms with Gasteiger partial charge in [-0.05, 0) is 19.3 Å². The quantitative estimate of drug-likeness (QED) is 0.590. The van der Waals surface area contributed by atoms with E-state index in [0.717, 1.165) is 6.42 Å². The number of hydrogen-bond donors (Lipinski definition) is 0. The Hall–Kier alpha value is -0.670. The first kappa shape index (κ1) is 9.87. The third-order valence-corrected chi connectivity index (χ3v) is 3.67. The van der Waals surface area contributed by atoms with Crippen LogP contribution in [-0.2, 0) is 4.79 Å². The van der Waals surface area contributed by atoms with Gasteiger partial charge < -0.3 is 4.90 Å². The second-order valence-corrected chi connectivity index (χ2v) is 4.47. The summed E-state index contributed by atoms with van der Waals surface area (Å²) in [6.45, 7) is 0.481. The maximum Gasteiger partial charge on any atom is 0.262 e. The zero-order chi connectivity index (χ0) is 10.4. The number of amides is 1. The highest BCUT2D eigenvalue weighted by molar-refractivity contribution is 5.85. The molecule has 1 heterocycles. The Labute approximate surface area is 82.3 Å². The van der Waals surface area contributed by atoms with E-state index in [2.05, 4.69) is 0 Å². The van der Waals surface area contributed by atoms with Gasteiger partial charge in [-0.25, -0.2) is 8.78 Å². The van der Waals surface area contributed by atoms with E-state index in [1.54, 1.807) is 7.05 Å². The number of carbonyl (C=O) groups excluding carboxylic acids is 1. The molecule has 1 atom stereocenters. The molecular formula is C10H15F2NO. The molecule has 4 heteroatoms. The topological polar surface area (TPSA) is 20.3 Å². The van der Waals surface area contributed by atoms with Crippen LogP contribution in [0.25, 0.3) is 0 Å². The minimum atomic E-state index is -2.78. The average molecular weight is 203 g/mol. The molecule has 1 amide bonds. The summed E-state index contributed by atoms with van der Waals surface area (Å²) in [5.74, 6) is -3.13. The lowest BCUT2D eigenvalue weighted by molar-refractivity contribution is -0.172. The zero-order valence-electron chi connectivity index (χ0n) is 8.35. The molecule has 0 aromatic carbocycles. The molecule has 1 unspecified atom stereocenters. The van der Waals surface area contributed by atoms with Gasteiger partial charge in [-0.2, -0.15) is 0 Å². The largest absolute Gasteiger partial charge is 0.345 e. The van der Waals surface area contributed by atoms with Gasteiger partial charge in [0.05, 0.1) is 0 Å². The number of rotatable bonds is 0. The summed E-state index contributed by atoms with van der Waals surface area (Å²) in [5.41, 5.74) is -1.35. The summed E-state index contributed by atoms with van der Waals surface area (Å²) < 4.78 is 27.5. The molecule has 0 N–H and O–H groups in total. The Morgan fingerprint density at radius 3 is 2.36 bits per heavy atom. The van der Waals surface area contributed by atoms with Crippen molar-refractivity contribution in [3.05, 3.63) is 0 Å². The van der Waals surface area contributed by atoms with E-state index >= 15 is 0 Å². The van der Waals surface area contributed by atoms with Crippen molar-refractivity contribution in [2.75, 3.05) is 13.6 Å². The molecule has 1 spiro atoms. The van der Waals surface area contributed by atoms with E-state index < -0.39 is 11.3 Å². The second-order valence-electron chi connectivity index (χ2n) is 4.47. The van der Waals surface area contributed by atoms with E-state index in [0.29, 0.717) is 25.8 Å². The monoisotopic (exact) mass is 203 g/mol. The summed E-state index contributed by atoms with van der Waals surface area (Å²) in [5, 5.41) is 0. The predicted molar refractivity (Wildman–Crippen MR) is 48.1 cm³/mol. The molecule has 0 aromatic heterocycles. The molecule has 1 saturated carbocycles. The first-order valence-corrected chi connectivity index (χ1v) is 5.13. The fraction of sp³-hybridized carbons (Fsp3) is 0.900. The standard InChI is InChI=1S/C10H15F2NO/c1-13-7-6-9(8(13)14)4-2-3-5-10(9,11)12/h2-7H2,1H3. The summed E-state index contributed by atoms with van der Waals surface area (Å²) in [7, 11) is 1.61. The van der Waals surface area contributed by atoms with Gasteiger partial charge in [-0.1, -0.05) is 6.42 Å². The minimum absolute atomic E-state index is 0.118. The lowest BCUT2D eigenvalue weighted by Crippen LogP contribution is -2.49. The minimum Gasteiger partial charge on any atom is -0.345 e. The Morgan fingerprint density at radius 2 is 1.86 bits per heavy atom. The van der Waals surface area contributed by atoms with E-state index in [1.165, 1.54) is 4.90 Å². The van der Waals surface area contributed by atoms with Gasteiger partial charge in [0.15, 0.2) is 0 Å². The van der Waals surface area contributed by atoms with Gasteiger partial charge in [0.1, 0.15) is 5.41 Å². The van der Waals surface area contributed by atoms with Crippen molar-refractivity contribution in [1.29, 1.82) is 0 Å². The second kappa shape index (κ2) is 2.91. The molecule has 1 saturated heterocycles. The summed E-state index contributed by atoms with van der Waals surface area (Å²) in [6, 6.07) is 0. The van der Waals surface area contributed by atoms with Gasteiger partial charge in [-0.15, -0.1) is 0 Å². The Kier molecular flexibility index (Phi) is 2.05. The number of carbonyl (C=O) groups is 1. The van der Waals surface area contributed by atoms with Crippen LogP contribution in [-0.4, -0.2) is 30.3 Å². The van der Waals surface area contributed by atoms with Crippen LogP contribution >= 0.6 is 0 Å². The zero-order valence-corrected chi connectivity index (χ0v) is 8.35. The van der Waals surface area contributed by atoms with Crippen LogP contribution in [0.2, 0.25) is 0 Å². The van der Waals surface area contributed by atoms with Crippen molar-refractivity contribution in [2.45, 2.75) is 38.0 Å². The van der Waals surface area contributed by atoms with Crippen LogP contribution in [0, 0.1) is 5.41 Å². The van der Waals surface area contributed by atoms with Crippen molar-refractivity contribution in [1.82, 2.24) is 4.90 Å². The average Bonchev–Trinajstić information content (AvgIpc) is 2.40. The van der Waals surface area contributed by atoms with Crippen molar-refractivity contribution in [3.63, 3.8) is 0 Å². The van der Waals surface area contributed by atoms with Crippen LogP contribution in [0.1, 0.15) is 32.1 Å². The number of alkyl halides is 2. The van der Waals surface area contributed by atoms with E-state index in [4.69, 9.17) is 0 Å². The van der Waals surface area contributed by atoms with Gasteiger partial charge in [0.25, 0.3) is 5.92 Å². The molecule has 80 valence electrons. The third-order valence-electron chi connectivity index (χ3n) is 3.67. The highest BCUT2D eigenvalue weighted by Crippen LogP contribution is 2.53. The highest BCUT2D eigenvalue weighted by Gasteiger charge is 2.62. The molecule has 14 heavy (non-hydrogen) atoms. The van der Waals surface area contributed by atoms with Gasteiger partial charge >= 0.3 is 0 Å². The highest BCUT2D eigenvalue weighted by atomic mass is 19.3. The number of nitrogens with zero attached hydrogens (tertiary/aromatic N) is 1. The maximum absolute atomic E-state index is 13.7. The van der Waals surface area contributed by atoms with E-state index in [-0.39, 0.29) is 12.3 Å². The van der Waals surface area contributed by atoms with Crippen molar-refractivity contribution < 1.29 is 13.6 Å². The molecule has 2 aliphatic rings. The Morgan fingerprint density at radius 1 is 1.21 bits per heavy atom. The summed E-state index contributed by atoms with van der Waals surface area (Å²) in [4.78, 5) is 13.2. The molecule has 0 bridgehead atoms. The van der Waals surface area contributed by atoms with Crippen molar-refractivity contribution in [3.8, 4) is 0 Å². The SMILES string of the molecule is CN1CCC2(CCCCC2(F)F)C1=O. The Balaban J connectivity index is 2.33. The van der Waals surface area contributed by atoms with Crippen LogP contribution < -0.4 is 0 Å². The summed E-state index contributed by atoms with van der Waals surface area (Å²) in [6.07, 6.45) is 1.88. The first-order chi connectivity index (χ1) is 6.50. The van der Waals surface area contributed by atoms with E-state index in [9.17, 15) is 13.6 Å². The van der Waals surface area contributed by atoms with Crippen molar-refractivity contribution in [2.24, 2.45) is 5.41 Å². The van der Waals surface area contributed by atoms with Gasteiger partial charge in [0, 0.05) is 20.0 Å². The van der Waals surface area contributed by atoms with Crippen LogP contribution in [0.4, 0.5) is 8.78 Å². The van der Waals surface area contributed by atoms with E-state index in [1.807, 2.05) is 0 Å². The van der Waals surface area contributed by atoms with Gasteiger partial charge in [-0.3, -0.25) is 4.79 Å². The van der Waals surface area contributed by atoms with Crippen LogP contribution in [0.5, 0.6) is 0 Å². The van der Waals surface area contributed by atoms with Crippen LogP contribution in [0.15, 0.2) is 0 Å². The fourth-order valence-corrected chi connectivity index (χ4v) is 2.70. The molecular weight excluding hydrogens is 188 g/mol. The van der Waals surface area contributed by atoms with Gasteiger partial charge in [0.2, 0.25) is 5.91 Å². The lowest BCUT2D eigenvalue weighted by Gasteiger charge is -2.39. The Bertz CT molecular complexity index is 263. The molecule has 1 aliphatic carbocycles.